The van der Waals surface area contributed by atoms with Crippen LogP contribution in [0.1, 0.15) is 31.4 Å². The number of hydrogen-bond acceptors (Lipinski definition) is 3. The summed E-state index contributed by atoms with van der Waals surface area (Å²) in [6.45, 7) is 2.07. The minimum atomic E-state index is -0.177. The Morgan fingerprint density at radius 1 is 1.50 bits per heavy atom. The fourth-order valence-corrected chi connectivity index (χ4v) is 2.51. The van der Waals surface area contributed by atoms with Crippen molar-refractivity contribution in [3.63, 3.8) is 0 Å². The van der Waals surface area contributed by atoms with Crippen molar-refractivity contribution >= 4 is 21.9 Å². The van der Waals surface area contributed by atoms with E-state index in [2.05, 4.69) is 40.3 Å². The van der Waals surface area contributed by atoms with Crippen LogP contribution in [-0.4, -0.2) is 19.1 Å². The Balaban J connectivity index is 2.04. The van der Waals surface area contributed by atoms with Crippen LogP contribution in [0.5, 0.6) is 0 Å². The quantitative estimate of drug-likeness (QED) is 0.849. The molecule has 1 fully saturated rings. The first-order valence-electron chi connectivity index (χ1n) is 6.21. The summed E-state index contributed by atoms with van der Waals surface area (Å²) in [5, 5.41) is 3.38. The Kier molecular flexibility index (Phi) is 4.40. The summed E-state index contributed by atoms with van der Waals surface area (Å²) in [5.74, 6) is 0.284. The molecule has 1 aliphatic rings. The van der Waals surface area contributed by atoms with Crippen LogP contribution < -0.4 is 5.32 Å². The highest BCUT2D eigenvalue weighted by Crippen LogP contribution is 2.34. The number of hydrogen-bond donors (Lipinski definition) is 1. The molecular formula is C14H18BrNO2. The lowest BCUT2D eigenvalue weighted by molar-refractivity contribution is -0.144. The fourth-order valence-electron chi connectivity index (χ4n) is 2.09. The van der Waals surface area contributed by atoms with E-state index in [1.807, 2.05) is 12.1 Å². The van der Waals surface area contributed by atoms with E-state index in [-0.39, 0.29) is 18.1 Å². The van der Waals surface area contributed by atoms with Crippen LogP contribution in [-0.2, 0) is 9.53 Å². The average molecular weight is 312 g/mol. The van der Waals surface area contributed by atoms with E-state index >= 15 is 0 Å². The van der Waals surface area contributed by atoms with Gasteiger partial charge in [0, 0.05) is 10.5 Å². The molecule has 0 heterocycles. The van der Waals surface area contributed by atoms with E-state index in [4.69, 9.17) is 4.74 Å². The third kappa shape index (κ3) is 3.33. The molecule has 2 rings (SSSR count). The molecule has 0 aromatic heterocycles. The number of halogens is 1. The molecular weight excluding hydrogens is 294 g/mol. The third-order valence-electron chi connectivity index (χ3n) is 3.33. The van der Waals surface area contributed by atoms with Crippen LogP contribution >= 0.6 is 15.9 Å². The Morgan fingerprint density at radius 2 is 2.22 bits per heavy atom. The van der Waals surface area contributed by atoms with Gasteiger partial charge in [-0.3, -0.25) is 10.1 Å². The molecule has 1 aromatic rings. The van der Waals surface area contributed by atoms with Gasteiger partial charge in [-0.2, -0.15) is 0 Å². The summed E-state index contributed by atoms with van der Waals surface area (Å²) in [6.07, 6.45) is 2.22. The van der Waals surface area contributed by atoms with Gasteiger partial charge in [0.2, 0.25) is 0 Å². The summed E-state index contributed by atoms with van der Waals surface area (Å²) < 4.78 is 5.91. The van der Waals surface area contributed by atoms with E-state index in [0.717, 1.165) is 17.3 Å². The third-order valence-corrected chi connectivity index (χ3v) is 3.82. The van der Waals surface area contributed by atoms with Gasteiger partial charge in [0.05, 0.1) is 7.11 Å². The zero-order valence-electron chi connectivity index (χ0n) is 10.7. The summed E-state index contributed by atoms with van der Waals surface area (Å²) in [4.78, 5) is 11.7. The molecule has 2 atom stereocenters. The number of ether oxygens (including phenoxy) is 1. The van der Waals surface area contributed by atoms with Crippen molar-refractivity contribution in [2.45, 2.75) is 31.8 Å². The minimum Gasteiger partial charge on any atom is -0.468 e. The number of nitrogens with one attached hydrogen (secondary N) is 1. The van der Waals surface area contributed by atoms with Gasteiger partial charge in [-0.15, -0.1) is 0 Å². The maximum Gasteiger partial charge on any atom is 0.323 e. The largest absolute Gasteiger partial charge is 0.468 e. The number of esters is 1. The SMILES string of the molecule is COC(=O)C(N[C@@H](C)c1cccc(Br)c1)C1CC1. The predicted octanol–water partition coefficient (Wildman–Crippen LogP) is 3.05. The molecule has 0 aliphatic heterocycles. The van der Waals surface area contributed by atoms with Crippen LogP contribution in [0.15, 0.2) is 28.7 Å². The van der Waals surface area contributed by atoms with Gasteiger partial charge in [0.1, 0.15) is 6.04 Å². The fraction of sp³-hybridized carbons (Fsp3) is 0.500. The number of carbonyl (C=O) groups is 1. The smallest absolute Gasteiger partial charge is 0.323 e. The summed E-state index contributed by atoms with van der Waals surface area (Å²) >= 11 is 3.46. The van der Waals surface area contributed by atoms with Gasteiger partial charge in [0.25, 0.3) is 0 Å². The normalized spacial score (nSPS) is 18.2. The maximum atomic E-state index is 11.7. The van der Waals surface area contributed by atoms with Crippen molar-refractivity contribution in [3.05, 3.63) is 34.3 Å². The molecule has 1 N–H and O–H groups in total. The predicted molar refractivity (Wildman–Crippen MR) is 74.2 cm³/mol. The molecule has 1 aromatic carbocycles. The summed E-state index contributed by atoms with van der Waals surface area (Å²) in [7, 11) is 1.45. The standard InChI is InChI=1S/C14H18BrNO2/c1-9(11-4-3-5-12(15)8-11)16-13(10-6-7-10)14(17)18-2/h3-5,8-10,13,16H,6-7H2,1-2H3/t9-,13?/m0/s1. The Bertz CT molecular complexity index is 432. The van der Waals surface area contributed by atoms with Crippen LogP contribution in [0.3, 0.4) is 0 Å². The number of carbonyl (C=O) groups excluding carboxylic acids is 1. The highest BCUT2D eigenvalue weighted by atomic mass is 79.9. The van der Waals surface area contributed by atoms with Crippen molar-refractivity contribution in [3.8, 4) is 0 Å². The van der Waals surface area contributed by atoms with E-state index in [0.29, 0.717) is 5.92 Å². The van der Waals surface area contributed by atoms with Gasteiger partial charge in [-0.25, -0.2) is 0 Å². The van der Waals surface area contributed by atoms with Gasteiger partial charge in [-0.1, -0.05) is 28.1 Å². The maximum absolute atomic E-state index is 11.7. The van der Waals surface area contributed by atoms with Crippen LogP contribution in [0.4, 0.5) is 0 Å². The zero-order chi connectivity index (χ0) is 13.1. The van der Waals surface area contributed by atoms with Gasteiger partial charge in [0.15, 0.2) is 0 Å². The van der Waals surface area contributed by atoms with Crippen molar-refractivity contribution in [1.29, 1.82) is 0 Å². The Morgan fingerprint density at radius 3 is 2.78 bits per heavy atom. The van der Waals surface area contributed by atoms with Gasteiger partial charge < -0.3 is 4.74 Å². The molecule has 1 unspecified atom stereocenters. The highest BCUT2D eigenvalue weighted by Gasteiger charge is 2.37. The molecule has 1 saturated carbocycles. The van der Waals surface area contributed by atoms with Crippen LogP contribution in [0, 0.1) is 5.92 Å². The monoisotopic (exact) mass is 311 g/mol. The van der Waals surface area contributed by atoms with Crippen LogP contribution in [0.25, 0.3) is 0 Å². The summed E-state index contributed by atoms with van der Waals surface area (Å²) in [5.41, 5.74) is 1.17. The van der Waals surface area contributed by atoms with Crippen LogP contribution in [0.2, 0.25) is 0 Å². The highest BCUT2D eigenvalue weighted by molar-refractivity contribution is 9.10. The minimum absolute atomic E-state index is 0.132. The van der Waals surface area contributed by atoms with Gasteiger partial charge >= 0.3 is 5.97 Å². The van der Waals surface area contributed by atoms with E-state index < -0.39 is 0 Å². The van der Waals surface area contributed by atoms with E-state index in [1.54, 1.807) is 0 Å². The lowest BCUT2D eigenvalue weighted by Gasteiger charge is -2.21. The van der Waals surface area contributed by atoms with Crippen molar-refractivity contribution in [2.24, 2.45) is 5.92 Å². The zero-order valence-corrected chi connectivity index (χ0v) is 12.2. The number of methoxy groups -OCH3 is 1. The lowest BCUT2D eigenvalue weighted by atomic mass is 10.1. The average Bonchev–Trinajstić information content (AvgIpc) is 3.19. The van der Waals surface area contributed by atoms with Crippen molar-refractivity contribution in [2.75, 3.05) is 7.11 Å². The lowest BCUT2D eigenvalue weighted by Crippen LogP contribution is -2.40. The second kappa shape index (κ2) is 5.85. The Labute approximate surface area is 116 Å². The first-order chi connectivity index (χ1) is 8.61. The molecule has 3 nitrogen and oxygen atoms in total. The molecule has 0 saturated heterocycles. The Hall–Kier alpha value is -0.870. The van der Waals surface area contributed by atoms with Crippen molar-refractivity contribution in [1.82, 2.24) is 5.32 Å². The molecule has 0 spiro atoms. The molecule has 98 valence electrons. The molecule has 1 aliphatic carbocycles. The molecule has 0 radical (unpaired) electrons. The van der Waals surface area contributed by atoms with Gasteiger partial charge in [-0.05, 0) is 43.4 Å². The topological polar surface area (TPSA) is 38.3 Å². The summed E-state index contributed by atoms with van der Waals surface area (Å²) in [6, 6.07) is 8.08. The second-order valence-corrected chi connectivity index (χ2v) is 5.70. The molecule has 0 amide bonds. The van der Waals surface area contributed by atoms with E-state index in [9.17, 15) is 4.79 Å². The molecule has 4 heteroatoms. The van der Waals surface area contributed by atoms with E-state index in [1.165, 1.54) is 12.7 Å². The first kappa shape index (κ1) is 13.6. The van der Waals surface area contributed by atoms with Crippen molar-refractivity contribution < 1.29 is 9.53 Å². The molecule has 18 heavy (non-hydrogen) atoms. The number of rotatable bonds is 5. The molecule has 0 bridgehead atoms. The number of benzene rings is 1. The first-order valence-corrected chi connectivity index (χ1v) is 7.00. The second-order valence-electron chi connectivity index (χ2n) is 4.78.